The second-order valence-corrected chi connectivity index (χ2v) is 5.42. The molecule has 2 N–H and O–H groups in total. The summed E-state index contributed by atoms with van der Waals surface area (Å²) in [6.45, 7) is 0.229. The summed E-state index contributed by atoms with van der Waals surface area (Å²) >= 11 is 0. The largest absolute Gasteiger partial charge is 0.478 e. The fourth-order valence-electron chi connectivity index (χ4n) is 2.70. The van der Waals surface area contributed by atoms with Gasteiger partial charge >= 0.3 is 11.7 Å². The molecule has 0 atom stereocenters. The highest BCUT2D eigenvalue weighted by Gasteiger charge is 2.34. The molecule has 8 nitrogen and oxygen atoms in total. The van der Waals surface area contributed by atoms with Crippen molar-refractivity contribution < 1.29 is 19.9 Å². The van der Waals surface area contributed by atoms with Crippen molar-refractivity contribution in [3.8, 4) is 0 Å². The van der Waals surface area contributed by atoms with Gasteiger partial charge in [-0.3, -0.25) is 10.1 Å². The zero-order valence-corrected chi connectivity index (χ0v) is 11.7. The molecule has 21 heavy (non-hydrogen) atoms. The number of carboxylic acids is 1. The van der Waals surface area contributed by atoms with Gasteiger partial charge in [0.2, 0.25) is 5.82 Å². The van der Waals surface area contributed by atoms with Gasteiger partial charge in [-0.15, -0.1) is 0 Å². The number of hydrogen-bond acceptors (Lipinski definition) is 6. The quantitative estimate of drug-likeness (QED) is 0.623. The molecule has 0 spiro atoms. The first-order chi connectivity index (χ1) is 9.82. The number of nitro groups is 1. The Morgan fingerprint density at radius 2 is 2.14 bits per heavy atom. The molecule has 0 unspecified atom stereocenters. The molecule has 8 heteroatoms. The lowest BCUT2D eigenvalue weighted by molar-refractivity contribution is -0.384. The van der Waals surface area contributed by atoms with E-state index in [4.69, 9.17) is 5.11 Å². The first kappa shape index (κ1) is 15.2. The Bertz CT molecular complexity index is 569. The number of pyridine rings is 1. The molecule has 1 fully saturated rings. The maximum Gasteiger partial charge on any atom is 0.337 e. The van der Waals surface area contributed by atoms with Crippen molar-refractivity contribution in [1.82, 2.24) is 4.98 Å². The number of carboxylic acid groups (broad SMARTS) is 1. The van der Waals surface area contributed by atoms with E-state index in [1.165, 1.54) is 4.90 Å². The topological polar surface area (TPSA) is 117 Å². The van der Waals surface area contributed by atoms with E-state index in [9.17, 15) is 20.0 Å². The van der Waals surface area contributed by atoms with Gasteiger partial charge in [0.25, 0.3) is 0 Å². The SMILES string of the molecule is CN(CC1(O)CCCC1)c1ncc(C(=O)O)cc1[N+](=O)[O-]. The third-order valence-corrected chi connectivity index (χ3v) is 3.72. The average Bonchev–Trinajstić information content (AvgIpc) is 2.84. The van der Waals surface area contributed by atoms with Crippen LogP contribution in [0, 0.1) is 10.1 Å². The highest BCUT2D eigenvalue weighted by Crippen LogP contribution is 2.33. The van der Waals surface area contributed by atoms with E-state index in [1.54, 1.807) is 7.05 Å². The number of anilines is 1. The van der Waals surface area contributed by atoms with Crippen LogP contribution in [0.5, 0.6) is 0 Å². The third kappa shape index (κ3) is 3.27. The van der Waals surface area contributed by atoms with Gasteiger partial charge in [-0.2, -0.15) is 0 Å². The monoisotopic (exact) mass is 295 g/mol. The number of aromatic carboxylic acids is 1. The van der Waals surface area contributed by atoms with E-state index < -0.39 is 16.5 Å². The first-order valence-electron chi connectivity index (χ1n) is 6.64. The van der Waals surface area contributed by atoms with Crippen molar-refractivity contribution >= 4 is 17.5 Å². The van der Waals surface area contributed by atoms with E-state index in [0.29, 0.717) is 12.8 Å². The van der Waals surface area contributed by atoms with Crippen LogP contribution in [0.2, 0.25) is 0 Å². The number of rotatable bonds is 5. The van der Waals surface area contributed by atoms with Gasteiger partial charge in [0.15, 0.2) is 0 Å². The van der Waals surface area contributed by atoms with Gasteiger partial charge in [-0.25, -0.2) is 9.78 Å². The Morgan fingerprint density at radius 1 is 1.52 bits per heavy atom. The van der Waals surface area contributed by atoms with Crippen LogP contribution in [0.3, 0.4) is 0 Å². The van der Waals surface area contributed by atoms with Crippen LogP contribution in [-0.2, 0) is 0 Å². The van der Waals surface area contributed by atoms with Crippen molar-refractivity contribution in [2.75, 3.05) is 18.5 Å². The standard InChI is InChI=1S/C13H17N3O5/c1-15(8-13(19)4-2-3-5-13)11-10(16(20)21)6-9(7-14-11)12(17)18/h6-7,19H,2-5,8H2,1H3,(H,17,18). The molecule has 1 heterocycles. The fraction of sp³-hybridized carbons (Fsp3) is 0.538. The summed E-state index contributed by atoms with van der Waals surface area (Å²) in [5, 5.41) is 30.3. The van der Waals surface area contributed by atoms with Crippen LogP contribution in [0.4, 0.5) is 11.5 Å². The molecular formula is C13H17N3O5. The molecule has 0 saturated heterocycles. The molecule has 1 aromatic rings. The summed E-state index contributed by atoms with van der Waals surface area (Å²) in [6, 6.07) is 0.986. The summed E-state index contributed by atoms with van der Waals surface area (Å²) < 4.78 is 0. The van der Waals surface area contributed by atoms with E-state index in [0.717, 1.165) is 25.1 Å². The molecule has 2 rings (SSSR count). The Labute approximate surface area is 121 Å². The van der Waals surface area contributed by atoms with E-state index >= 15 is 0 Å². The van der Waals surface area contributed by atoms with Crippen molar-refractivity contribution in [2.24, 2.45) is 0 Å². The van der Waals surface area contributed by atoms with Crippen LogP contribution < -0.4 is 4.90 Å². The smallest absolute Gasteiger partial charge is 0.337 e. The summed E-state index contributed by atoms with van der Waals surface area (Å²) in [7, 11) is 1.60. The summed E-state index contributed by atoms with van der Waals surface area (Å²) in [5.41, 5.74) is -1.48. The summed E-state index contributed by atoms with van der Waals surface area (Å²) in [5.74, 6) is -1.21. The maximum absolute atomic E-state index is 11.1. The van der Waals surface area contributed by atoms with Crippen LogP contribution in [-0.4, -0.2) is 45.3 Å². The molecule has 1 aromatic heterocycles. The Balaban J connectivity index is 2.29. The summed E-state index contributed by atoms with van der Waals surface area (Å²) in [4.78, 5) is 26.7. The molecule has 1 saturated carbocycles. The van der Waals surface area contributed by atoms with Crippen LogP contribution in [0.1, 0.15) is 36.0 Å². The zero-order chi connectivity index (χ0) is 15.6. The van der Waals surface area contributed by atoms with Crippen molar-refractivity contribution in [3.05, 3.63) is 27.9 Å². The fourth-order valence-corrected chi connectivity index (χ4v) is 2.70. The zero-order valence-electron chi connectivity index (χ0n) is 11.7. The molecule has 1 aliphatic carbocycles. The number of hydrogen-bond donors (Lipinski definition) is 2. The van der Waals surface area contributed by atoms with Gasteiger partial charge in [0.05, 0.1) is 16.1 Å². The molecule has 1 aliphatic rings. The lowest BCUT2D eigenvalue weighted by Crippen LogP contribution is -2.39. The van der Waals surface area contributed by atoms with Crippen molar-refractivity contribution in [1.29, 1.82) is 0 Å². The van der Waals surface area contributed by atoms with Gasteiger partial charge < -0.3 is 15.1 Å². The number of aliphatic hydroxyl groups is 1. The number of carbonyl (C=O) groups is 1. The van der Waals surface area contributed by atoms with Gasteiger partial charge in [-0.05, 0) is 12.8 Å². The maximum atomic E-state index is 11.1. The minimum absolute atomic E-state index is 0.0605. The number of aromatic nitrogens is 1. The summed E-state index contributed by atoms with van der Waals surface area (Å²) in [6.07, 6.45) is 4.24. The Hall–Kier alpha value is -2.22. The Morgan fingerprint density at radius 3 is 2.67 bits per heavy atom. The molecular weight excluding hydrogens is 278 g/mol. The number of nitrogens with zero attached hydrogens (tertiary/aromatic N) is 3. The van der Waals surface area contributed by atoms with Crippen molar-refractivity contribution in [2.45, 2.75) is 31.3 Å². The van der Waals surface area contributed by atoms with E-state index in [2.05, 4.69) is 4.98 Å². The predicted octanol–water partition coefficient (Wildman–Crippen LogP) is 1.43. The van der Waals surface area contributed by atoms with Crippen LogP contribution in [0.15, 0.2) is 12.3 Å². The van der Waals surface area contributed by atoms with Crippen LogP contribution in [0.25, 0.3) is 0 Å². The highest BCUT2D eigenvalue weighted by molar-refractivity contribution is 5.88. The van der Waals surface area contributed by atoms with Gasteiger partial charge in [0, 0.05) is 25.9 Å². The predicted molar refractivity (Wildman–Crippen MR) is 74.5 cm³/mol. The average molecular weight is 295 g/mol. The first-order valence-corrected chi connectivity index (χ1v) is 6.64. The minimum atomic E-state index is -1.27. The van der Waals surface area contributed by atoms with Gasteiger partial charge in [-0.1, -0.05) is 12.8 Å². The van der Waals surface area contributed by atoms with Gasteiger partial charge in [0.1, 0.15) is 0 Å². The molecule has 114 valence electrons. The Kier molecular flexibility index (Phi) is 4.08. The minimum Gasteiger partial charge on any atom is -0.478 e. The molecule has 0 aliphatic heterocycles. The highest BCUT2D eigenvalue weighted by atomic mass is 16.6. The molecule has 0 aromatic carbocycles. The van der Waals surface area contributed by atoms with Crippen molar-refractivity contribution in [3.63, 3.8) is 0 Å². The molecule has 0 bridgehead atoms. The lowest BCUT2D eigenvalue weighted by atomic mass is 10.0. The van der Waals surface area contributed by atoms with E-state index in [-0.39, 0.29) is 23.6 Å². The second-order valence-electron chi connectivity index (χ2n) is 5.42. The normalized spacial score (nSPS) is 16.7. The third-order valence-electron chi connectivity index (χ3n) is 3.72. The molecule has 0 amide bonds. The lowest BCUT2D eigenvalue weighted by Gasteiger charge is -2.29. The van der Waals surface area contributed by atoms with Crippen LogP contribution >= 0.6 is 0 Å². The molecule has 0 radical (unpaired) electrons. The second kappa shape index (κ2) is 5.65. The van der Waals surface area contributed by atoms with E-state index in [1.807, 2.05) is 0 Å². The number of likely N-dealkylation sites (N-methyl/N-ethyl adjacent to an activating group) is 1.